The smallest absolute Gasteiger partial charge is 0.341 e. The van der Waals surface area contributed by atoms with Crippen molar-refractivity contribution in [3.8, 4) is 16.9 Å². The zero-order chi connectivity index (χ0) is 27.8. The molecule has 0 saturated heterocycles. The number of aliphatic carboxylic acids is 1. The first kappa shape index (κ1) is 28.5. The number of amides is 1. The highest BCUT2D eigenvalue weighted by Gasteiger charge is 2.19. The second-order valence-corrected chi connectivity index (χ2v) is 8.88. The molecule has 0 aliphatic heterocycles. The highest BCUT2D eigenvalue weighted by atomic mass is 32.2. The number of carbonyl (C=O) groups excluding carboxylic acids is 1. The Balaban J connectivity index is 0.000000877. The highest BCUT2D eigenvalue weighted by Crippen LogP contribution is 2.31. The number of nitrogens with two attached hydrogens (primary N) is 1. The molecule has 0 unspecified atom stereocenters. The van der Waals surface area contributed by atoms with Crippen LogP contribution in [0.1, 0.15) is 26.3 Å². The third kappa shape index (κ3) is 9.08. The lowest BCUT2D eigenvalue weighted by atomic mass is 9.94. The fourth-order valence-corrected chi connectivity index (χ4v) is 3.02. The Bertz CT molecular complexity index is 1430. The number of amidine groups is 1. The van der Waals surface area contributed by atoms with Gasteiger partial charge in [-0.05, 0) is 59.7 Å². The van der Waals surface area contributed by atoms with E-state index in [2.05, 4.69) is 5.32 Å². The standard InChI is InChI=1S/C23H19N3O6.CH4O3S/c24-21(25)13-5-7-14(8-6-13)26-22(29)18-4-2-1-3-16(18)17-10-9-15(32-12-20(27)28)11-19(17)23(30)31;1-5(2,3)4/h1-11H,12H2,(H3,24,25)(H,26,29)(H,27,28)(H,30,31);1H3,(H,2,3,4). The predicted molar refractivity (Wildman–Crippen MR) is 135 cm³/mol. The number of rotatable bonds is 8. The Kier molecular flexibility index (Phi) is 9.46. The van der Waals surface area contributed by atoms with Crippen molar-refractivity contribution in [3.05, 3.63) is 83.4 Å². The monoisotopic (exact) mass is 529 g/mol. The third-order valence-electron chi connectivity index (χ3n) is 4.50. The van der Waals surface area contributed by atoms with E-state index >= 15 is 0 Å². The summed E-state index contributed by atoms with van der Waals surface area (Å²) < 4.78 is 30.9. The van der Waals surface area contributed by atoms with Crippen LogP contribution in [0.5, 0.6) is 5.75 Å². The van der Waals surface area contributed by atoms with Gasteiger partial charge in [-0.25, -0.2) is 9.59 Å². The highest BCUT2D eigenvalue weighted by molar-refractivity contribution is 7.85. The van der Waals surface area contributed by atoms with E-state index in [0.29, 0.717) is 23.1 Å². The summed E-state index contributed by atoms with van der Waals surface area (Å²) in [6.07, 6.45) is 0.715. The molecule has 0 bridgehead atoms. The molecule has 3 aromatic carbocycles. The molecule has 0 spiro atoms. The lowest BCUT2D eigenvalue weighted by Crippen LogP contribution is -2.15. The van der Waals surface area contributed by atoms with Gasteiger partial charge in [0.15, 0.2) is 6.61 Å². The molecule has 0 atom stereocenters. The first-order chi connectivity index (χ1) is 17.3. The molecule has 13 heteroatoms. The molecule has 0 fully saturated rings. The number of benzene rings is 3. The second kappa shape index (κ2) is 12.3. The van der Waals surface area contributed by atoms with Crippen LogP contribution in [0, 0.1) is 5.41 Å². The minimum Gasteiger partial charge on any atom is -0.482 e. The molecule has 0 heterocycles. The normalized spacial score (nSPS) is 10.4. The first-order valence-electron chi connectivity index (χ1n) is 10.3. The van der Waals surface area contributed by atoms with Crippen LogP contribution in [0.4, 0.5) is 5.69 Å². The minimum atomic E-state index is -3.67. The van der Waals surface area contributed by atoms with Crippen LogP contribution < -0.4 is 15.8 Å². The minimum absolute atomic E-state index is 0.0843. The van der Waals surface area contributed by atoms with Gasteiger partial charge < -0.3 is 26.0 Å². The summed E-state index contributed by atoms with van der Waals surface area (Å²) in [5, 5.41) is 28.6. The van der Waals surface area contributed by atoms with Gasteiger partial charge in [0.05, 0.1) is 11.8 Å². The van der Waals surface area contributed by atoms with E-state index in [1.54, 1.807) is 48.5 Å². The molecule has 0 radical (unpaired) electrons. The molecular formula is C24H23N3O9S. The van der Waals surface area contributed by atoms with E-state index in [4.69, 9.17) is 25.5 Å². The van der Waals surface area contributed by atoms with Crippen LogP contribution in [0.3, 0.4) is 0 Å². The fraction of sp³-hybridized carbons (Fsp3) is 0.0833. The van der Waals surface area contributed by atoms with Crippen molar-refractivity contribution in [3.63, 3.8) is 0 Å². The van der Waals surface area contributed by atoms with Gasteiger partial charge in [-0.2, -0.15) is 8.42 Å². The number of anilines is 1. The molecule has 0 aliphatic carbocycles. The Morgan fingerprint density at radius 3 is 2.05 bits per heavy atom. The lowest BCUT2D eigenvalue weighted by molar-refractivity contribution is -0.139. The average molecular weight is 530 g/mol. The maximum absolute atomic E-state index is 12.9. The van der Waals surface area contributed by atoms with Gasteiger partial charge in [-0.1, -0.05) is 18.2 Å². The maximum atomic E-state index is 12.9. The SMILES string of the molecule is CS(=O)(=O)O.N=C(N)c1ccc(NC(=O)c2ccccc2-c2ccc(OCC(=O)O)cc2C(=O)O)cc1. The third-order valence-corrected chi connectivity index (χ3v) is 4.50. The topological polar surface area (TPSA) is 217 Å². The van der Waals surface area contributed by atoms with Gasteiger partial charge in [0.2, 0.25) is 0 Å². The van der Waals surface area contributed by atoms with Gasteiger partial charge in [-0.3, -0.25) is 14.8 Å². The number of nitrogen functional groups attached to an aromatic ring is 1. The number of hydrogen-bond donors (Lipinski definition) is 6. The van der Waals surface area contributed by atoms with Crippen molar-refractivity contribution in [2.45, 2.75) is 0 Å². The van der Waals surface area contributed by atoms with Gasteiger partial charge in [0, 0.05) is 16.8 Å². The molecule has 3 rings (SSSR count). The molecule has 37 heavy (non-hydrogen) atoms. The van der Waals surface area contributed by atoms with Crippen molar-refractivity contribution in [1.82, 2.24) is 0 Å². The molecule has 1 amide bonds. The van der Waals surface area contributed by atoms with Crippen molar-refractivity contribution in [2.24, 2.45) is 5.73 Å². The summed E-state index contributed by atoms with van der Waals surface area (Å²) in [6, 6.07) is 17.1. The molecule has 12 nitrogen and oxygen atoms in total. The van der Waals surface area contributed by atoms with Gasteiger partial charge in [0.1, 0.15) is 11.6 Å². The first-order valence-corrected chi connectivity index (χ1v) is 12.1. The summed E-state index contributed by atoms with van der Waals surface area (Å²) in [5.41, 5.74) is 7.18. The molecular weight excluding hydrogens is 506 g/mol. The van der Waals surface area contributed by atoms with Gasteiger partial charge in [0.25, 0.3) is 16.0 Å². The second-order valence-electron chi connectivity index (χ2n) is 7.42. The Morgan fingerprint density at radius 1 is 0.946 bits per heavy atom. The number of aromatic carboxylic acids is 1. The quantitative estimate of drug-likeness (QED) is 0.142. The van der Waals surface area contributed by atoms with E-state index in [1.807, 2.05) is 0 Å². The zero-order valence-corrected chi connectivity index (χ0v) is 20.2. The van der Waals surface area contributed by atoms with Crippen molar-refractivity contribution in [1.29, 1.82) is 5.41 Å². The predicted octanol–water partition coefficient (Wildman–Crippen LogP) is 2.56. The molecule has 3 aromatic rings. The van der Waals surface area contributed by atoms with E-state index in [-0.39, 0.29) is 28.3 Å². The zero-order valence-electron chi connectivity index (χ0n) is 19.3. The lowest BCUT2D eigenvalue weighted by Gasteiger charge is -2.14. The van der Waals surface area contributed by atoms with E-state index < -0.39 is 34.6 Å². The van der Waals surface area contributed by atoms with E-state index in [9.17, 15) is 27.9 Å². The van der Waals surface area contributed by atoms with Crippen molar-refractivity contribution in [2.75, 3.05) is 18.2 Å². The number of carboxylic acids is 2. The fourth-order valence-electron chi connectivity index (χ4n) is 3.02. The van der Waals surface area contributed by atoms with Crippen LogP contribution in [0.25, 0.3) is 11.1 Å². The Labute approximate surface area is 211 Å². The van der Waals surface area contributed by atoms with Crippen molar-refractivity contribution >= 4 is 39.5 Å². The van der Waals surface area contributed by atoms with Crippen LogP contribution in [-0.2, 0) is 14.9 Å². The Hall–Kier alpha value is -4.75. The summed E-state index contributed by atoms with van der Waals surface area (Å²) in [6.45, 7) is -0.611. The molecule has 0 saturated carbocycles. The largest absolute Gasteiger partial charge is 0.482 e. The number of nitrogens with one attached hydrogen (secondary N) is 2. The molecule has 0 aromatic heterocycles. The average Bonchev–Trinajstić information content (AvgIpc) is 2.81. The summed E-state index contributed by atoms with van der Waals surface area (Å²) >= 11 is 0. The summed E-state index contributed by atoms with van der Waals surface area (Å²) in [4.78, 5) is 35.5. The summed E-state index contributed by atoms with van der Waals surface area (Å²) in [5.74, 6) is -2.91. The number of carboxylic acid groups (broad SMARTS) is 2. The molecule has 194 valence electrons. The van der Waals surface area contributed by atoms with Crippen LogP contribution in [0.2, 0.25) is 0 Å². The molecule has 7 N–H and O–H groups in total. The van der Waals surface area contributed by atoms with E-state index in [0.717, 1.165) is 0 Å². The van der Waals surface area contributed by atoms with E-state index in [1.165, 1.54) is 18.2 Å². The number of hydrogen-bond acceptors (Lipinski definition) is 7. The van der Waals surface area contributed by atoms with Gasteiger partial charge in [-0.15, -0.1) is 0 Å². The number of ether oxygens (including phenoxy) is 1. The Morgan fingerprint density at radius 2 is 1.51 bits per heavy atom. The van der Waals surface area contributed by atoms with Crippen LogP contribution in [0.15, 0.2) is 66.7 Å². The molecule has 0 aliphatic rings. The van der Waals surface area contributed by atoms with Crippen molar-refractivity contribution < 1.29 is 42.3 Å². The van der Waals surface area contributed by atoms with Crippen LogP contribution in [-0.4, -0.2) is 59.7 Å². The number of carbonyl (C=O) groups is 3. The summed E-state index contributed by atoms with van der Waals surface area (Å²) in [7, 11) is -3.67. The van der Waals surface area contributed by atoms with Crippen LogP contribution >= 0.6 is 0 Å². The van der Waals surface area contributed by atoms with Gasteiger partial charge >= 0.3 is 11.9 Å². The maximum Gasteiger partial charge on any atom is 0.341 e.